The van der Waals surface area contributed by atoms with E-state index in [-0.39, 0.29) is 0 Å². The fourth-order valence-electron chi connectivity index (χ4n) is 3.09. The van der Waals surface area contributed by atoms with Crippen molar-refractivity contribution in [2.75, 3.05) is 20.2 Å². The maximum atomic E-state index is 12.8. The standard InChI is InChI=1S/C19H20ClNO3/c1-23-17-13-15(20)7-8-16(17)18(22)24-19(9-11-21-12-10-19)14-5-3-2-4-6-14/h2-8,13,21H,9-12H2,1H3. The summed E-state index contributed by atoms with van der Waals surface area (Å²) < 4.78 is 11.3. The van der Waals surface area contributed by atoms with E-state index < -0.39 is 11.6 Å². The number of halogens is 1. The minimum Gasteiger partial charge on any atom is -0.496 e. The van der Waals surface area contributed by atoms with Crippen LogP contribution in [0.1, 0.15) is 28.8 Å². The molecule has 0 saturated carbocycles. The van der Waals surface area contributed by atoms with Crippen molar-refractivity contribution in [3.63, 3.8) is 0 Å². The molecule has 0 spiro atoms. The molecule has 24 heavy (non-hydrogen) atoms. The predicted octanol–water partition coefficient (Wildman–Crippen LogP) is 3.78. The zero-order valence-electron chi connectivity index (χ0n) is 13.5. The van der Waals surface area contributed by atoms with Crippen molar-refractivity contribution in [2.24, 2.45) is 0 Å². The van der Waals surface area contributed by atoms with Crippen LogP contribution in [0.25, 0.3) is 0 Å². The Labute approximate surface area is 146 Å². The van der Waals surface area contributed by atoms with Crippen LogP contribution in [-0.4, -0.2) is 26.2 Å². The van der Waals surface area contributed by atoms with Crippen molar-refractivity contribution in [1.29, 1.82) is 0 Å². The third-order valence-electron chi connectivity index (χ3n) is 4.38. The molecule has 0 atom stereocenters. The first-order valence-electron chi connectivity index (χ1n) is 7.98. The first-order valence-corrected chi connectivity index (χ1v) is 8.35. The Balaban J connectivity index is 1.92. The summed E-state index contributed by atoms with van der Waals surface area (Å²) in [5, 5.41) is 3.84. The van der Waals surface area contributed by atoms with E-state index in [2.05, 4.69) is 5.32 Å². The Hall–Kier alpha value is -2.04. The van der Waals surface area contributed by atoms with Gasteiger partial charge >= 0.3 is 5.97 Å². The quantitative estimate of drug-likeness (QED) is 0.857. The van der Waals surface area contributed by atoms with Gasteiger partial charge in [0.05, 0.1) is 7.11 Å². The molecule has 0 unspecified atom stereocenters. The highest BCUT2D eigenvalue weighted by Crippen LogP contribution is 2.36. The number of hydrogen-bond donors (Lipinski definition) is 1. The average Bonchev–Trinajstić information content (AvgIpc) is 2.63. The van der Waals surface area contributed by atoms with Crippen molar-refractivity contribution < 1.29 is 14.3 Å². The van der Waals surface area contributed by atoms with Gasteiger partial charge in [-0.1, -0.05) is 41.9 Å². The molecular weight excluding hydrogens is 326 g/mol. The summed E-state index contributed by atoms with van der Waals surface area (Å²) in [4.78, 5) is 12.8. The molecule has 0 aliphatic carbocycles. The summed E-state index contributed by atoms with van der Waals surface area (Å²) in [6.45, 7) is 1.61. The van der Waals surface area contributed by atoms with E-state index in [1.165, 1.54) is 7.11 Å². The number of carbonyl (C=O) groups is 1. The van der Waals surface area contributed by atoms with E-state index in [0.29, 0.717) is 16.3 Å². The number of esters is 1. The molecule has 0 amide bonds. The lowest BCUT2D eigenvalue weighted by Gasteiger charge is -2.37. The molecule has 0 aromatic heterocycles. The van der Waals surface area contributed by atoms with Gasteiger partial charge in [-0.05, 0) is 36.9 Å². The summed E-state index contributed by atoms with van der Waals surface area (Å²) in [6, 6.07) is 14.8. The molecule has 1 saturated heterocycles. The number of methoxy groups -OCH3 is 1. The molecule has 0 radical (unpaired) electrons. The topological polar surface area (TPSA) is 47.6 Å². The highest BCUT2D eigenvalue weighted by atomic mass is 35.5. The van der Waals surface area contributed by atoms with Gasteiger partial charge in [-0.15, -0.1) is 0 Å². The number of piperidine rings is 1. The molecule has 1 aliphatic heterocycles. The van der Waals surface area contributed by atoms with Gasteiger partial charge in [0, 0.05) is 17.9 Å². The Kier molecular flexibility index (Phi) is 5.07. The fraction of sp³-hybridized carbons (Fsp3) is 0.316. The minimum absolute atomic E-state index is 0.385. The Morgan fingerprint density at radius 3 is 2.50 bits per heavy atom. The van der Waals surface area contributed by atoms with E-state index >= 15 is 0 Å². The van der Waals surface area contributed by atoms with Gasteiger partial charge in [0.15, 0.2) is 0 Å². The van der Waals surface area contributed by atoms with Gasteiger partial charge in [0.2, 0.25) is 0 Å². The number of carbonyl (C=O) groups excluding carboxylic acids is 1. The minimum atomic E-state index is -0.617. The molecular formula is C19H20ClNO3. The molecule has 1 fully saturated rings. The smallest absolute Gasteiger partial charge is 0.342 e. The Morgan fingerprint density at radius 1 is 1.12 bits per heavy atom. The van der Waals surface area contributed by atoms with Crippen LogP contribution in [0, 0.1) is 0 Å². The van der Waals surface area contributed by atoms with Crippen LogP contribution in [0.4, 0.5) is 0 Å². The predicted molar refractivity (Wildman–Crippen MR) is 93.6 cm³/mol. The van der Waals surface area contributed by atoms with E-state index in [4.69, 9.17) is 21.1 Å². The summed E-state index contributed by atoms with van der Waals surface area (Å²) >= 11 is 5.98. The van der Waals surface area contributed by atoms with Gasteiger partial charge < -0.3 is 14.8 Å². The van der Waals surface area contributed by atoms with Crippen LogP contribution in [0.15, 0.2) is 48.5 Å². The second kappa shape index (κ2) is 7.24. The van der Waals surface area contributed by atoms with Crippen molar-refractivity contribution in [2.45, 2.75) is 18.4 Å². The van der Waals surface area contributed by atoms with E-state index in [1.54, 1.807) is 18.2 Å². The molecule has 1 aliphatic rings. The summed E-state index contributed by atoms with van der Waals surface area (Å²) in [5.74, 6) is 0.0268. The number of hydrogen-bond acceptors (Lipinski definition) is 4. The molecule has 3 rings (SSSR count). The first-order chi connectivity index (χ1) is 11.6. The summed E-state index contributed by atoms with van der Waals surface area (Å²) in [6.07, 6.45) is 1.47. The second-order valence-electron chi connectivity index (χ2n) is 5.84. The normalized spacial score (nSPS) is 16.4. The van der Waals surface area contributed by atoms with Gasteiger partial charge in [-0.2, -0.15) is 0 Å². The third kappa shape index (κ3) is 3.40. The van der Waals surface area contributed by atoms with E-state index in [9.17, 15) is 4.79 Å². The zero-order chi connectivity index (χ0) is 17.0. The molecule has 1 heterocycles. The van der Waals surface area contributed by atoms with E-state index in [0.717, 1.165) is 31.5 Å². The van der Waals surface area contributed by atoms with Gasteiger partial charge in [0.25, 0.3) is 0 Å². The summed E-state index contributed by atoms with van der Waals surface area (Å²) in [5.41, 5.74) is 0.789. The number of ether oxygens (including phenoxy) is 2. The lowest BCUT2D eigenvalue weighted by Crippen LogP contribution is -2.43. The van der Waals surface area contributed by atoms with Crippen LogP contribution in [0.2, 0.25) is 5.02 Å². The molecule has 2 aromatic rings. The van der Waals surface area contributed by atoms with Gasteiger partial charge in [-0.3, -0.25) is 0 Å². The number of rotatable bonds is 4. The lowest BCUT2D eigenvalue weighted by molar-refractivity contribution is -0.0380. The average molecular weight is 346 g/mol. The van der Waals surface area contributed by atoms with Gasteiger partial charge in [-0.25, -0.2) is 4.79 Å². The molecule has 126 valence electrons. The van der Waals surface area contributed by atoms with Crippen LogP contribution in [0.5, 0.6) is 5.75 Å². The van der Waals surface area contributed by atoms with Crippen LogP contribution >= 0.6 is 11.6 Å². The largest absolute Gasteiger partial charge is 0.496 e. The zero-order valence-corrected chi connectivity index (χ0v) is 14.3. The Morgan fingerprint density at radius 2 is 1.83 bits per heavy atom. The highest BCUT2D eigenvalue weighted by Gasteiger charge is 2.38. The molecule has 5 heteroatoms. The van der Waals surface area contributed by atoms with Crippen molar-refractivity contribution in [1.82, 2.24) is 5.32 Å². The maximum Gasteiger partial charge on any atom is 0.342 e. The molecule has 4 nitrogen and oxygen atoms in total. The summed E-state index contributed by atoms with van der Waals surface area (Å²) in [7, 11) is 1.51. The third-order valence-corrected chi connectivity index (χ3v) is 4.62. The maximum absolute atomic E-state index is 12.8. The van der Waals surface area contributed by atoms with E-state index in [1.807, 2.05) is 30.3 Å². The fourth-order valence-corrected chi connectivity index (χ4v) is 3.25. The number of benzene rings is 2. The van der Waals surface area contributed by atoms with Crippen molar-refractivity contribution >= 4 is 17.6 Å². The van der Waals surface area contributed by atoms with Gasteiger partial charge in [0.1, 0.15) is 16.9 Å². The first kappa shape index (κ1) is 16.8. The van der Waals surface area contributed by atoms with Crippen LogP contribution < -0.4 is 10.1 Å². The lowest BCUT2D eigenvalue weighted by atomic mass is 9.84. The van der Waals surface area contributed by atoms with Crippen molar-refractivity contribution in [3.05, 3.63) is 64.7 Å². The molecule has 2 aromatic carbocycles. The van der Waals surface area contributed by atoms with Crippen LogP contribution in [-0.2, 0) is 10.3 Å². The van der Waals surface area contributed by atoms with Crippen molar-refractivity contribution in [3.8, 4) is 5.75 Å². The van der Waals surface area contributed by atoms with Crippen LogP contribution in [0.3, 0.4) is 0 Å². The Bertz CT molecular complexity index is 712. The monoisotopic (exact) mass is 345 g/mol. The molecule has 0 bridgehead atoms. The number of nitrogens with one attached hydrogen (secondary N) is 1. The SMILES string of the molecule is COc1cc(Cl)ccc1C(=O)OC1(c2ccccc2)CCNCC1. The highest BCUT2D eigenvalue weighted by molar-refractivity contribution is 6.30. The second-order valence-corrected chi connectivity index (χ2v) is 6.28. The molecule has 1 N–H and O–H groups in total.